The molecule has 0 unspecified atom stereocenters. The fourth-order valence-corrected chi connectivity index (χ4v) is 1.39. The largest absolute Gasteiger partial charge is 0.492 e. The number of aromatic amines is 1. The lowest BCUT2D eigenvalue weighted by molar-refractivity contribution is -0.109. The molecular formula is C10H10N2O3S. The van der Waals surface area contributed by atoms with Crippen molar-refractivity contribution in [1.29, 1.82) is 0 Å². The maximum atomic E-state index is 11.2. The third-order valence-corrected chi connectivity index (χ3v) is 2.39. The third-order valence-electron chi connectivity index (χ3n) is 1.58. The number of nitrogens with zero attached hydrogens (tertiary/aromatic N) is 1. The maximum absolute atomic E-state index is 11.2. The number of aromatic nitrogens is 2. The summed E-state index contributed by atoms with van der Waals surface area (Å²) < 4.78 is 0. The molecule has 0 aliphatic rings. The number of carbonyl (C=O) groups is 1. The lowest BCUT2D eigenvalue weighted by atomic mass is 10.3. The number of carbonyl (C=O) groups excluding carboxylic acids is 1. The highest BCUT2D eigenvalue weighted by Gasteiger charge is 2.02. The SMILES string of the molecule is CC(=O)SCCC#Cc1c(O)nc[nH]c1=O. The van der Waals surface area contributed by atoms with Gasteiger partial charge in [-0.3, -0.25) is 9.59 Å². The van der Waals surface area contributed by atoms with Crippen LogP contribution < -0.4 is 5.56 Å². The Labute approximate surface area is 96.3 Å². The van der Waals surface area contributed by atoms with E-state index in [2.05, 4.69) is 21.8 Å². The van der Waals surface area contributed by atoms with Crippen LogP contribution in [0.3, 0.4) is 0 Å². The molecule has 0 aromatic carbocycles. The van der Waals surface area contributed by atoms with Crippen molar-refractivity contribution in [2.45, 2.75) is 13.3 Å². The van der Waals surface area contributed by atoms with Gasteiger partial charge >= 0.3 is 0 Å². The van der Waals surface area contributed by atoms with Gasteiger partial charge in [-0.05, 0) is 0 Å². The summed E-state index contributed by atoms with van der Waals surface area (Å²) in [7, 11) is 0. The molecule has 1 aromatic heterocycles. The van der Waals surface area contributed by atoms with Crippen molar-refractivity contribution in [3.8, 4) is 17.7 Å². The van der Waals surface area contributed by atoms with Crippen molar-refractivity contribution >= 4 is 16.9 Å². The number of nitrogens with one attached hydrogen (secondary N) is 1. The summed E-state index contributed by atoms with van der Waals surface area (Å²) in [5.74, 6) is 5.41. The molecule has 0 fully saturated rings. The lowest BCUT2D eigenvalue weighted by Gasteiger charge is -1.92. The first-order chi connectivity index (χ1) is 7.61. The van der Waals surface area contributed by atoms with E-state index in [1.807, 2.05) is 0 Å². The molecule has 0 aliphatic carbocycles. The Morgan fingerprint density at radius 2 is 2.44 bits per heavy atom. The highest BCUT2D eigenvalue weighted by Crippen LogP contribution is 2.05. The zero-order valence-electron chi connectivity index (χ0n) is 8.61. The monoisotopic (exact) mass is 238 g/mol. The number of hydrogen-bond donors (Lipinski definition) is 2. The van der Waals surface area contributed by atoms with Crippen LogP contribution in [-0.2, 0) is 4.79 Å². The van der Waals surface area contributed by atoms with E-state index in [1.165, 1.54) is 18.7 Å². The van der Waals surface area contributed by atoms with Gasteiger partial charge in [0.25, 0.3) is 5.56 Å². The van der Waals surface area contributed by atoms with E-state index < -0.39 is 5.56 Å². The fourth-order valence-electron chi connectivity index (χ4n) is 0.900. The highest BCUT2D eigenvalue weighted by atomic mass is 32.2. The van der Waals surface area contributed by atoms with Crippen molar-refractivity contribution in [2.75, 3.05) is 5.75 Å². The number of H-pyrrole nitrogens is 1. The molecule has 0 radical (unpaired) electrons. The first-order valence-corrected chi connectivity index (χ1v) is 5.48. The number of hydrogen-bond acceptors (Lipinski definition) is 5. The smallest absolute Gasteiger partial charge is 0.270 e. The second-order valence-corrected chi connectivity index (χ2v) is 4.09. The molecule has 0 spiro atoms. The fraction of sp³-hybridized carbons (Fsp3) is 0.300. The molecule has 0 bridgehead atoms. The van der Waals surface area contributed by atoms with Crippen LogP contribution in [0.1, 0.15) is 18.9 Å². The van der Waals surface area contributed by atoms with Crippen LogP contribution in [0.4, 0.5) is 0 Å². The second kappa shape index (κ2) is 5.98. The predicted octanol–water partition coefficient (Wildman–Crippen LogP) is 0.497. The Balaban J connectivity index is 2.63. The van der Waals surface area contributed by atoms with Crippen molar-refractivity contribution in [3.63, 3.8) is 0 Å². The molecule has 0 atom stereocenters. The van der Waals surface area contributed by atoms with Crippen LogP contribution in [0, 0.1) is 11.8 Å². The molecule has 1 aromatic rings. The molecule has 84 valence electrons. The van der Waals surface area contributed by atoms with Gasteiger partial charge in [-0.2, -0.15) is 0 Å². The average molecular weight is 238 g/mol. The van der Waals surface area contributed by atoms with E-state index >= 15 is 0 Å². The predicted molar refractivity (Wildman–Crippen MR) is 61.2 cm³/mol. The summed E-state index contributed by atoms with van der Waals surface area (Å²) in [6.45, 7) is 1.48. The van der Waals surface area contributed by atoms with Crippen LogP contribution >= 0.6 is 11.8 Å². The quantitative estimate of drug-likeness (QED) is 0.579. The topological polar surface area (TPSA) is 83.0 Å². The van der Waals surface area contributed by atoms with Gasteiger partial charge < -0.3 is 10.1 Å². The summed E-state index contributed by atoms with van der Waals surface area (Å²) in [6.07, 6.45) is 1.58. The van der Waals surface area contributed by atoms with Gasteiger partial charge in [0.1, 0.15) is 0 Å². The number of aromatic hydroxyl groups is 1. The third kappa shape index (κ3) is 3.79. The zero-order valence-corrected chi connectivity index (χ0v) is 9.43. The van der Waals surface area contributed by atoms with E-state index in [9.17, 15) is 14.7 Å². The normalized spacial score (nSPS) is 9.31. The molecule has 1 rings (SSSR count). The summed E-state index contributed by atoms with van der Waals surface area (Å²) in [5, 5.41) is 9.27. The van der Waals surface area contributed by atoms with Crippen LogP contribution in [0.25, 0.3) is 0 Å². The van der Waals surface area contributed by atoms with Crippen LogP contribution in [0.5, 0.6) is 5.88 Å². The Morgan fingerprint density at radius 1 is 1.69 bits per heavy atom. The van der Waals surface area contributed by atoms with Crippen molar-refractivity contribution in [2.24, 2.45) is 0 Å². The van der Waals surface area contributed by atoms with Gasteiger partial charge in [0.15, 0.2) is 10.7 Å². The number of thioether (sulfide) groups is 1. The highest BCUT2D eigenvalue weighted by molar-refractivity contribution is 8.13. The van der Waals surface area contributed by atoms with E-state index in [-0.39, 0.29) is 16.6 Å². The minimum atomic E-state index is -0.473. The van der Waals surface area contributed by atoms with Gasteiger partial charge in [-0.25, -0.2) is 4.98 Å². The standard InChI is InChI=1S/C10H10N2O3S/c1-7(13)16-5-3-2-4-8-9(14)11-6-12-10(8)15/h6H,3,5H2,1H3,(H2,11,12,14,15). The van der Waals surface area contributed by atoms with E-state index in [1.54, 1.807) is 0 Å². The molecule has 0 saturated heterocycles. The summed E-state index contributed by atoms with van der Waals surface area (Å²) >= 11 is 1.17. The number of rotatable bonds is 2. The Hall–Kier alpha value is -1.74. The van der Waals surface area contributed by atoms with E-state index in [0.29, 0.717) is 12.2 Å². The Kier molecular flexibility index (Phi) is 4.61. The molecule has 1 heterocycles. The zero-order chi connectivity index (χ0) is 12.0. The Morgan fingerprint density at radius 3 is 3.06 bits per heavy atom. The summed E-state index contributed by atoms with van der Waals surface area (Å²) in [4.78, 5) is 27.6. The first kappa shape index (κ1) is 12.3. The maximum Gasteiger partial charge on any atom is 0.270 e. The van der Waals surface area contributed by atoms with E-state index in [4.69, 9.17) is 0 Å². The first-order valence-electron chi connectivity index (χ1n) is 4.50. The lowest BCUT2D eigenvalue weighted by Crippen LogP contribution is -2.09. The van der Waals surface area contributed by atoms with Gasteiger partial charge in [0, 0.05) is 19.1 Å². The molecule has 2 N–H and O–H groups in total. The van der Waals surface area contributed by atoms with Gasteiger partial charge in [-0.1, -0.05) is 23.6 Å². The molecule has 0 aliphatic heterocycles. The van der Waals surface area contributed by atoms with E-state index in [0.717, 1.165) is 6.33 Å². The minimum absolute atomic E-state index is 0.0314. The minimum Gasteiger partial charge on any atom is -0.492 e. The summed E-state index contributed by atoms with van der Waals surface area (Å²) in [6, 6.07) is 0. The second-order valence-electron chi connectivity index (χ2n) is 2.82. The molecule has 5 nitrogen and oxygen atoms in total. The molecule has 0 amide bonds. The van der Waals surface area contributed by atoms with Crippen LogP contribution in [-0.4, -0.2) is 25.9 Å². The van der Waals surface area contributed by atoms with Gasteiger partial charge in [0.05, 0.1) is 6.33 Å². The van der Waals surface area contributed by atoms with Crippen molar-refractivity contribution in [1.82, 2.24) is 9.97 Å². The summed E-state index contributed by atoms with van der Waals surface area (Å²) in [5.41, 5.74) is -0.519. The average Bonchev–Trinajstić information content (AvgIpc) is 2.21. The molecule has 0 saturated carbocycles. The van der Waals surface area contributed by atoms with Crippen molar-refractivity contribution in [3.05, 3.63) is 22.2 Å². The Bertz CT molecular complexity index is 499. The van der Waals surface area contributed by atoms with Crippen LogP contribution in [0.15, 0.2) is 11.1 Å². The van der Waals surface area contributed by atoms with Crippen LogP contribution in [0.2, 0.25) is 0 Å². The molecule has 6 heteroatoms. The molecule has 16 heavy (non-hydrogen) atoms. The molecular weight excluding hydrogens is 228 g/mol. The van der Waals surface area contributed by atoms with Gasteiger partial charge in [-0.15, -0.1) is 0 Å². The van der Waals surface area contributed by atoms with Gasteiger partial charge in [0.2, 0.25) is 5.88 Å². The van der Waals surface area contributed by atoms with Crippen molar-refractivity contribution < 1.29 is 9.90 Å².